The van der Waals surface area contributed by atoms with Crippen LogP contribution in [-0.2, 0) is 4.79 Å². The molecule has 0 aliphatic carbocycles. The number of piperidine rings is 1. The molecule has 1 N–H and O–H groups in total. The van der Waals surface area contributed by atoms with Crippen molar-refractivity contribution in [3.05, 3.63) is 29.8 Å². The van der Waals surface area contributed by atoms with Gasteiger partial charge < -0.3 is 10.2 Å². The van der Waals surface area contributed by atoms with Gasteiger partial charge in [-0.1, -0.05) is 12.8 Å². The van der Waals surface area contributed by atoms with Gasteiger partial charge in [-0.2, -0.15) is 0 Å². The van der Waals surface area contributed by atoms with Crippen molar-refractivity contribution in [1.82, 2.24) is 9.80 Å². The average Bonchev–Trinajstić information content (AvgIpc) is 2.88. The fraction of sp³-hybridized carbons (Fsp3) is 0.650. The molecule has 144 valence electrons. The number of anilines is 1. The number of hydrogen-bond acceptors (Lipinski definition) is 3. The van der Waals surface area contributed by atoms with Gasteiger partial charge in [-0.05, 0) is 69.9 Å². The van der Waals surface area contributed by atoms with E-state index >= 15 is 0 Å². The zero-order chi connectivity index (χ0) is 18.4. The van der Waals surface area contributed by atoms with E-state index in [0.29, 0.717) is 5.92 Å². The number of likely N-dealkylation sites (tertiary alicyclic amines) is 2. The average molecular weight is 365 g/mol. The Morgan fingerprint density at radius 2 is 1.69 bits per heavy atom. The molecule has 1 aromatic carbocycles. The molecule has 1 amide bonds. The maximum Gasteiger partial charge on any atom is 0.238 e. The maximum absolute atomic E-state index is 13.6. The van der Waals surface area contributed by atoms with E-state index in [9.17, 15) is 13.6 Å². The first kappa shape index (κ1) is 19.2. The minimum absolute atomic E-state index is 0.0347. The standard InChI is InChI=1S/C20H29F2N3O/c21-17-5-6-19(18(22)13-17)23-20(26)15-25-11-7-16(8-12-25)14-24-9-3-1-2-4-10-24/h5-6,13,16H,1-4,7-12,14-15H2,(H,23,26). The van der Waals surface area contributed by atoms with E-state index < -0.39 is 11.6 Å². The monoisotopic (exact) mass is 365 g/mol. The molecule has 2 aliphatic rings. The molecule has 2 aliphatic heterocycles. The highest BCUT2D eigenvalue weighted by Crippen LogP contribution is 2.21. The topological polar surface area (TPSA) is 35.6 Å². The van der Waals surface area contributed by atoms with Crippen LogP contribution in [0.15, 0.2) is 18.2 Å². The largest absolute Gasteiger partial charge is 0.322 e. The van der Waals surface area contributed by atoms with Crippen LogP contribution in [0.5, 0.6) is 0 Å². The van der Waals surface area contributed by atoms with Crippen molar-refractivity contribution >= 4 is 11.6 Å². The lowest BCUT2D eigenvalue weighted by Crippen LogP contribution is -2.42. The zero-order valence-electron chi connectivity index (χ0n) is 15.4. The fourth-order valence-corrected chi connectivity index (χ4v) is 3.99. The Kier molecular flexibility index (Phi) is 6.97. The molecule has 1 aromatic rings. The molecule has 0 radical (unpaired) electrons. The molecule has 0 atom stereocenters. The molecule has 2 heterocycles. The number of nitrogens with zero attached hydrogens (tertiary/aromatic N) is 2. The molecule has 26 heavy (non-hydrogen) atoms. The van der Waals surface area contributed by atoms with Crippen LogP contribution in [0.3, 0.4) is 0 Å². The predicted octanol–water partition coefficient (Wildman–Crippen LogP) is 3.49. The lowest BCUT2D eigenvalue weighted by Gasteiger charge is -2.34. The highest BCUT2D eigenvalue weighted by Gasteiger charge is 2.23. The first-order valence-electron chi connectivity index (χ1n) is 9.80. The molecule has 0 saturated carbocycles. The third kappa shape index (κ3) is 5.74. The minimum Gasteiger partial charge on any atom is -0.322 e. The molecule has 0 spiro atoms. The normalized spacial score (nSPS) is 20.7. The van der Waals surface area contributed by atoms with Crippen LogP contribution < -0.4 is 5.32 Å². The Hall–Kier alpha value is -1.53. The Bertz CT molecular complexity index is 595. The van der Waals surface area contributed by atoms with Gasteiger partial charge in [0.05, 0.1) is 12.2 Å². The van der Waals surface area contributed by atoms with Crippen molar-refractivity contribution in [1.29, 1.82) is 0 Å². The van der Waals surface area contributed by atoms with Crippen LogP contribution >= 0.6 is 0 Å². The van der Waals surface area contributed by atoms with Crippen molar-refractivity contribution in [3.8, 4) is 0 Å². The van der Waals surface area contributed by atoms with Gasteiger partial charge in [0.25, 0.3) is 0 Å². The van der Waals surface area contributed by atoms with E-state index in [4.69, 9.17) is 0 Å². The summed E-state index contributed by atoms with van der Waals surface area (Å²) < 4.78 is 26.5. The summed E-state index contributed by atoms with van der Waals surface area (Å²) in [4.78, 5) is 16.9. The molecule has 0 bridgehead atoms. The van der Waals surface area contributed by atoms with E-state index in [1.807, 2.05) is 0 Å². The van der Waals surface area contributed by atoms with Crippen molar-refractivity contribution < 1.29 is 13.6 Å². The SMILES string of the molecule is O=C(CN1CCC(CN2CCCCCC2)CC1)Nc1ccc(F)cc1F. The molecule has 4 nitrogen and oxygen atoms in total. The van der Waals surface area contributed by atoms with Crippen LogP contribution in [0.1, 0.15) is 38.5 Å². The van der Waals surface area contributed by atoms with E-state index in [1.54, 1.807) is 0 Å². The second-order valence-electron chi connectivity index (χ2n) is 7.61. The van der Waals surface area contributed by atoms with Crippen LogP contribution in [0.4, 0.5) is 14.5 Å². The second kappa shape index (κ2) is 9.42. The molecule has 3 rings (SSSR count). The predicted molar refractivity (Wildman–Crippen MR) is 99.1 cm³/mol. The number of rotatable bonds is 5. The first-order valence-corrected chi connectivity index (χ1v) is 9.80. The van der Waals surface area contributed by atoms with E-state index in [-0.39, 0.29) is 18.1 Å². The molecule has 2 saturated heterocycles. The summed E-state index contributed by atoms with van der Waals surface area (Å²) in [5.41, 5.74) is 0.0347. The Labute approximate surface area is 154 Å². The van der Waals surface area contributed by atoms with Gasteiger partial charge in [-0.3, -0.25) is 9.69 Å². The lowest BCUT2D eigenvalue weighted by atomic mass is 9.96. The van der Waals surface area contributed by atoms with E-state index in [0.717, 1.165) is 38.1 Å². The number of hydrogen-bond donors (Lipinski definition) is 1. The van der Waals surface area contributed by atoms with Gasteiger partial charge in [-0.25, -0.2) is 8.78 Å². The smallest absolute Gasteiger partial charge is 0.238 e. The van der Waals surface area contributed by atoms with Crippen molar-refractivity contribution in [2.24, 2.45) is 5.92 Å². The first-order chi connectivity index (χ1) is 12.6. The zero-order valence-corrected chi connectivity index (χ0v) is 15.4. The number of benzene rings is 1. The number of nitrogens with one attached hydrogen (secondary N) is 1. The van der Waals surface area contributed by atoms with Crippen molar-refractivity contribution in [2.75, 3.05) is 44.6 Å². The number of amides is 1. The molecular formula is C20H29F2N3O. The summed E-state index contributed by atoms with van der Waals surface area (Å²) in [5.74, 6) is -0.926. The number of carbonyl (C=O) groups is 1. The van der Waals surface area contributed by atoms with Crippen LogP contribution in [0.2, 0.25) is 0 Å². The van der Waals surface area contributed by atoms with Gasteiger partial charge in [-0.15, -0.1) is 0 Å². The second-order valence-corrected chi connectivity index (χ2v) is 7.61. The third-order valence-electron chi connectivity index (χ3n) is 5.49. The summed E-state index contributed by atoms with van der Waals surface area (Å²) in [6.45, 7) is 5.70. The number of carbonyl (C=O) groups excluding carboxylic acids is 1. The Morgan fingerprint density at radius 1 is 1.00 bits per heavy atom. The third-order valence-corrected chi connectivity index (χ3v) is 5.49. The van der Waals surface area contributed by atoms with Gasteiger partial charge in [0.15, 0.2) is 0 Å². The van der Waals surface area contributed by atoms with Crippen LogP contribution in [0, 0.1) is 17.6 Å². The Balaban J connectivity index is 1.39. The maximum atomic E-state index is 13.6. The van der Waals surface area contributed by atoms with Gasteiger partial charge in [0.1, 0.15) is 11.6 Å². The summed E-state index contributed by atoms with van der Waals surface area (Å²) in [7, 11) is 0. The summed E-state index contributed by atoms with van der Waals surface area (Å²) in [6.07, 6.45) is 7.57. The molecular weight excluding hydrogens is 336 g/mol. The minimum atomic E-state index is -0.741. The van der Waals surface area contributed by atoms with E-state index in [2.05, 4.69) is 15.1 Å². The highest BCUT2D eigenvalue weighted by molar-refractivity contribution is 5.92. The highest BCUT2D eigenvalue weighted by atomic mass is 19.1. The quantitative estimate of drug-likeness (QED) is 0.868. The van der Waals surface area contributed by atoms with Gasteiger partial charge >= 0.3 is 0 Å². The van der Waals surface area contributed by atoms with Gasteiger partial charge in [0.2, 0.25) is 5.91 Å². The fourth-order valence-electron chi connectivity index (χ4n) is 3.99. The van der Waals surface area contributed by atoms with E-state index in [1.165, 1.54) is 51.4 Å². The van der Waals surface area contributed by atoms with Crippen LogP contribution in [0.25, 0.3) is 0 Å². The Morgan fingerprint density at radius 3 is 2.35 bits per heavy atom. The van der Waals surface area contributed by atoms with Crippen LogP contribution in [-0.4, -0.2) is 55.0 Å². The molecule has 0 aromatic heterocycles. The summed E-state index contributed by atoms with van der Waals surface area (Å²) >= 11 is 0. The summed E-state index contributed by atoms with van der Waals surface area (Å²) in [6, 6.07) is 3.19. The summed E-state index contributed by atoms with van der Waals surface area (Å²) in [5, 5.41) is 2.54. The van der Waals surface area contributed by atoms with Crippen molar-refractivity contribution in [3.63, 3.8) is 0 Å². The molecule has 0 unspecified atom stereocenters. The molecule has 2 fully saturated rings. The van der Waals surface area contributed by atoms with Crippen molar-refractivity contribution in [2.45, 2.75) is 38.5 Å². The lowest BCUT2D eigenvalue weighted by molar-refractivity contribution is -0.117. The van der Waals surface area contributed by atoms with Gasteiger partial charge in [0, 0.05) is 12.6 Å². The molecule has 6 heteroatoms. The number of halogens is 2.